The highest BCUT2D eigenvalue weighted by Crippen LogP contribution is 2.34. The van der Waals surface area contributed by atoms with Gasteiger partial charge in [0.25, 0.3) is 5.69 Å². The highest BCUT2D eigenvalue weighted by Gasteiger charge is 2.22. The Labute approximate surface area is 144 Å². The minimum Gasteiger partial charge on any atom is -0.398 e. The average molecular weight is 330 g/mol. The van der Waals surface area contributed by atoms with Crippen LogP contribution in [0.3, 0.4) is 0 Å². The largest absolute Gasteiger partial charge is 0.398 e. The lowest BCUT2D eigenvalue weighted by Crippen LogP contribution is -2.32. The van der Waals surface area contributed by atoms with E-state index < -0.39 is 4.92 Å². The number of nitrogen functional groups attached to an aromatic ring is 1. The summed E-state index contributed by atoms with van der Waals surface area (Å²) in [4.78, 5) is 10.5. The maximum Gasteiger partial charge on any atom is 0.269 e. The Hall–Kier alpha value is -3.47. The zero-order valence-electron chi connectivity index (χ0n) is 13.6. The summed E-state index contributed by atoms with van der Waals surface area (Å²) in [7, 11) is 1.99. The van der Waals surface area contributed by atoms with Gasteiger partial charge < -0.3 is 5.73 Å². The number of pyridine rings is 1. The van der Waals surface area contributed by atoms with Crippen molar-refractivity contribution in [1.29, 1.82) is 0 Å². The summed E-state index contributed by atoms with van der Waals surface area (Å²) in [6.45, 7) is 0. The Balaban J connectivity index is 2.14. The molecule has 5 nitrogen and oxygen atoms in total. The summed E-state index contributed by atoms with van der Waals surface area (Å²) in [5, 5.41) is 14.1. The van der Waals surface area contributed by atoms with Crippen molar-refractivity contribution >= 4 is 33.1 Å². The molecular formula is C20H16N3O2+. The second kappa shape index (κ2) is 5.56. The van der Waals surface area contributed by atoms with Crippen LogP contribution < -0.4 is 10.3 Å². The van der Waals surface area contributed by atoms with E-state index in [1.807, 2.05) is 31.3 Å². The number of anilines is 1. The van der Waals surface area contributed by atoms with Gasteiger partial charge in [0, 0.05) is 34.8 Å². The molecule has 0 radical (unpaired) electrons. The molecule has 0 saturated carbocycles. The fourth-order valence-electron chi connectivity index (χ4n) is 3.42. The number of hydrogen-bond donors (Lipinski definition) is 1. The standard InChI is InChI=1S/C20H15N3O2/c1-22-18-8-3-2-5-15(18)16-6-4-7-17(21)19(16)20(22)13-9-11-14(12-10-13)23(24)25/h2-12,21H,1H3/p+1. The number of hydrogen-bond acceptors (Lipinski definition) is 3. The summed E-state index contributed by atoms with van der Waals surface area (Å²) in [5.41, 5.74) is 9.99. The molecular weight excluding hydrogens is 314 g/mol. The van der Waals surface area contributed by atoms with E-state index in [-0.39, 0.29) is 5.69 Å². The van der Waals surface area contributed by atoms with Gasteiger partial charge in [0.05, 0.1) is 15.7 Å². The summed E-state index contributed by atoms with van der Waals surface area (Å²) in [5.74, 6) is 0. The predicted molar refractivity (Wildman–Crippen MR) is 99.1 cm³/mol. The molecule has 0 amide bonds. The molecule has 0 aliphatic heterocycles. The zero-order chi connectivity index (χ0) is 17.6. The van der Waals surface area contributed by atoms with Crippen LogP contribution >= 0.6 is 0 Å². The van der Waals surface area contributed by atoms with Crippen molar-refractivity contribution in [3.63, 3.8) is 0 Å². The third-order valence-electron chi connectivity index (χ3n) is 4.58. The number of nitrogens with zero attached hydrogens (tertiary/aromatic N) is 2. The van der Waals surface area contributed by atoms with Crippen molar-refractivity contribution < 1.29 is 9.49 Å². The van der Waals surface area contributed by atoms with Crippen LogP contribution in [-0.4, -0.2) is 4.92 Å². The lowest BCUT2D eigenvalue weighted by Gasteiger charge is -2.11. The van der Waals surface area contributed by atoms with Crippen LogP contribution in [0.4, 0.5) is 11.4 Å². The molecule has 1 heterocycles. The van der Waals surface area contributed by atoms with Crippen molar-refractivity contribution in [3.8, 4) is 11.3 Å². The van der Waals surface area contributed by atoms with Crippen molar-refractivity contribution in [1.82, 2.24) is 0 Å². The second-order valence-corrected chi connectivity index (χ2v) is 6.00. The van der Waals surface area contributed by atoms with Gasteiger partial charge in [-0.3, -0.25) is 10.1 Å². The third-order valence-corrected chi connectivity index (χ3v) is 4.58. The number of nitro benzene ring substituents is 1. The first kappa shape index (κ1) is 15.1. The molecule has 2 N–H and O–H groups in total. The van der Waals surface area contributed by atoms with Crippen molar-refractivity contribution in [2.45, 2.75) is 0 Å². The van der Waals surface area contributed by atoms with E-state index in [4.69, 9.17) is 5.73 Å². The molecule has 0 atom stereocenters. The van der Waals surface area contributed by atoms with Crippen LogP contribution in [0.15, 0.2) is 66.7 Å². The van der Waals surface area contributed by atoms with E-state index >= 15 is 0 Å². The fourth-order valence-corrected chi connectivity index (χ4v) is 3.42. The molecule has 4 aromatic rings. The molecule has 0 bridgehead atoms. The van der Waals surface area contributed by atoms with Gasteiger partial charge >= 0.3 is 0 Å². The molecule has 4 rings (SSSR count). The number of para-hydroxylation sites is 1. The van der Waals surface area contributed by atoms with Crippen LogP contribution in [0.2, 0.25) is 0 Å². The molecule has 0 aliphatic carbocycles. The Bertz CT molecular complexity index is 1140. The van der Waals surface area contributed by atoms with Crippen LogP contribution in [0, 0.1) is 10.1 Å². The number of non-ortho nitro benzene ring substituents is 1. The normalized spacial score (nSPS) is 11.1. The van der Waals surface area contributed by atoms with Gasteiger partial charge in [0.1, 0.15) is 7.05 Å². The fraction of sp³-hybridized carbons (Fsp3) is 0.0500. The van der Waals surface area contributed by atoms with Gasteiger partial charge in [-0.05, 0) is 24.3 Å². The molecule has 0 spiro atoms. The third kappa shape index (κ3) is 2.29. The van der Waals surface area contributed by atoms with Crippen molar-refractivity contribution in [2.75, 3.05) is 5.73 Å². The summed E-state index contributed by atoms with van der Waals surface area (Å²) < 4.78 is 2.09. The molecule has 0 fully saturated rings. The van der Waals surface area contributed by atoms with Gasteiger partial charge in [-0.1, -0.05) is 24.3 Å². The van der Waals surface area contributed by atoms with Gasteiger partial charge in [0.15, 0.2) is 0 Å². The van der Waals surface area contributed by atoms with E-state index in [0.29, 0.717) is 5.69 Å². The van der Waals surface area contributed by atoms with Crippen LogP contribution in [0.5, 0.6) is 0 Å². The lowest BCUT2D eigenvalue weighted by atomic mass is 9.98. The lowest BCUT2D eigenvalue weighted by molar-refractivity contribution is -0.632. The van der Waals surface area contributed by atoms with Gasteiger partial charge in [-0.25, -0.2) is 0 Å². The van der Waals surface area contributed by atoms with Crippen molar-refractivity contribution in [2.24, 2.45) is 7.05 Å². The van der Waals surface area contributed by atoms with E-state index in [9.17, 15) is 10.1 Å². The SMILES string of the molecule is C[n+]1c(-c2ccc([N+](=O)[O-])cc2)c2c(N)cccc2c2ccccc21. The monoisotopic (exact) mass is 330 g/mol. The quantitative estimate of drug-likeness (QED) is 0.199. The Kier molecular flexibility index (Phi) is 3.35. The topological polar surface area (TPSA) is 73.0 Å². The summed E-state index contributed by atoms with van der Waals surface area (Å²) >= 11 is 0. The molecule has 3 aromatic carbocycles. The molecule has 5 heteroatoms. The molecule has 25 heavy (non-hydrogen) atoms. The number of nitro groups is 1. The second-order valence-electron chi connectivity index (χ2n) is 6.00. The first-order chi connectivity index (χ1) is 12.1. The van der Waals surface area contributed by atoms with Crippen molar-refractivity contribution in [3.05, 3.63) is 76.8 Å². The zero-order valence-corrected chi connectivity index (χ0v) is 13.6. The maximum atomic E-state index is 10.9. The highest BCUT2D eigenvalue weighted by molar-refractivity contribution is 6.13. The van der Waals surface area contributed by atoms with Crippen LogP contribution in [-0.2, 0) is 7.05 Å². The minimum absolute atomic E-state index is 0.0736. The summed E-state index contributed by atoms with van der Waals surface area (Å²) in [6.07, 6.45) is 0. The number of benzene rings is 3. The Morgan fingerprint density at radius 3 is 2.32 bits per heavy atom. The first-order valence-corrected chi connectivity index (χ1v) is 7.91. The summed E-state index contributed by atoms with van der Waals surface area (Å²) in [6, 6.07) is 20.6. The van der Waals surface area contributed by atoms with Gasteiger partial charge in [-0.2, -0.15) is 4.57 Å². The minimum atomic E-state index is -0.392. The Morgan fingerprint density at radius 1 is 0.920 bits per heavy atom. The molecule has 122 valence electrons. The highest BCUT2D eigenvalue weighted by atomic mass is 16.6. The number of fused-ring (bicyclic) bond motifs is 3. The van der Waals surface area contributed by atoms with E-state index in [1.54, 1.807) is 12.1 Å². The van der Waals surface area contributed by atoms with Crippen LogP contribution in [0.25, 0.3) is 32.9 Å². The predicted octanol–water partition coefficient (Wildman–Crippen LogP) is 3.97. The van der Waals surface area contributed by atoms with E-state index in [1.165, 1.54) is 12.1 Å². The average Bonchev–Trinajstić information content (AvgIpc) is 2.63. The molecule has 0 aliphatic rings. The molecule has 0 unspecified atom stereocenters. The van der Waals surface area contributed by atoms with E-state index in [0.717, 1.165) is 32.9 Å². The van der Waals surface area contributed by atoms with Crippen LogP contribution in [0.1, 0.15) is 0 Å². The van der Waals surface area contributed by atoms with Gasteiger partial charge in [0.2, 0.25) is 11.2 Å². The number of nitrogens with two attached hydrogens (primary N) is 1. The Morgan fingerprint density at radius 2 is 1.60 bits per heavy atom. The van der Waals surface area contributed by atoms with E-state index in [2.05, 4.69) is 22.8 Å². The molecule has 1 aromatic heterocycles. The van der Waals surface area contributed by atoms with Gasteiger partial charge in [-0.15, -0.1) is 0 Å². The molecule has 0 saturated heterocycles. The first-order valence-electron chi connectivity index (χ1n) is 7.91. The number of aryl methyl sites for hydroxylation is 1. The maximum absolute atomic E-state index is 10.9. The smallest absolute Gasteiger partial charge is 0.269 e. The number of rotatable bonds is 2. The number of aromatic nitrogens is 1.